The molecule has 0 bridgehead atoms. The number of amides is 1. The zero-order chi connectivity index (χ0) is 15.4. The first-order valence-electron chi connectivity index (χ1n) is 7.36. The molecule has 1 N–H and O–H groups in total. The zero-order valence-corrected chi connectivity index (χ0v) is 13.3. The van der Waals surface area contributed by atoms with E-state index in [1.54, 1.807) is 12.3 Å². The van der Waals surface area contributed by atoms with Gasteiger partial charge in [0, 0.05) is 31.5 Å². The van der Waals surface area contributed by atoms with Gasteiger partial charge in [0.2, 0.25) is 0 Å². The minimum Gasteiger partial charge on any atom is -0.445 e. The second-order valence-electron chi connectivity index (χ2n) is 5.28. The Hall–Kier alpha value is -1.95. The molecule has 5 nitrogen and oxygen atoms in total. The number of anilines is 1. The Morgan fingerprint density at radius 3 is 2.82 bits per heavy atom. The van der Waals surface area contributed by atoms with Crippen molar-refractivity contribution in [2.75, 3.05) is 24.7 Å². The monoisotopic (exact) mass is 317 g/mol. The Morgan fingerprint density at radius 1 is 1.36 bits per heavy atom. The van der Waals surface area contributed by atoms with Crippen molar-refractivity contribution in [2.24, 2.45) is 0 Å². The smallest absolute Gasteiger partial charge is 0.289 e. The van der Waals surface area contributed by atoms with E-state index >= 15 is 0 Å². The van der Waals surface area contributed by atoms with E-state index in [2.05, 4.69) is 10.3 Å². The van der Waals surface area contributed by atoms with Crippen LogP contribution in [0.4, 0.5) is 5.69 Å². The normalized spacial score (nSPS) is 15.8. The summed E-state index contributed by atoms with van der Waals surface area (Å²) in [5, 5.41) is 4.24. The van der Waals surface area contributed by atoms with E-state index in [1.807, 2.05) is 35.6 Å². The van der Waals surface area contributed by atoms with Crippen LogP contribution < -0.4 is 5.32 Å². The molecule has 116 valence electrons. The number of hydrogen-bond acceptors (Lipinski definition) is 5. The number of aromatic nitrogens is 1. The third-order valence-electron chi connectivity index (χ3n) is 3.81. The van der Waals surface area contributed by atoms with Crippen molar-refractivity contribution in [2.45, 2.75) is 24.0 Å². The van der Waals surface area contributed by atoms with Gasteiger partial charge in [-0.15, -0.1) is 0 Å². The molecular weight excluding hydrogens is 298 g/mol. The molecule has 3 rings (SSSR count). The highest BCUT2D eigenvalue weighted by Crippen LogP contribution is 2.21. The molecule has 1 aliphatic heterocycles. The summed E-state index contributed by atoms with van der Waals surface area (Å²) >= 11 is 1.50. The van der Waals surface area contributed by atoms with Gasteiger partial charge in [-0.2, -0.15) is 0 Å². The molecular formula is C16H19N3O2S. The number of rotatable bonds is 4. The molecule has 2 aromatic heterocycles. The number of hydrogen-bond donors (Lipinski definition) is 1. The number of carbonyl (C=O) groups is 1. The van der Waals surface area contributed by atoms with Crippen LogP contribution >= 0.6 is 11.8 Å². The number of furan rings is 1. The van der Waals surface area contributed by atoms with Gasteiger partial charge in [-0.05, 0) is 43.4 Å². The van der Waals surface area contributed by atoms with Gasteiger partial charge in [0.15, 0.2) is 10.9 Å². The van der Waals surface area contributed by atoms with E-state index in [0.29, 0.717) is 11.8 Å². The first-order valence-corrected chi connectivity index (χ1v) is 8.58. The lowest BCUT2D eigenvalue weighted by molar-refractivity contribution is 0.0681. The molecule has 0 atom stereocenters. The first-order chi connectivity index (χ1) is 10.8. The Labute approximate surface area is 134 Å². The van der Waals surface area contributed by atoms with Crippen LogP contribution in [0, 0.1) is 0 Å². The maximum atomic E-state index is 12.4. The highest BCUT2D eigenvalue weighted by Gasteiger charge is 2.25. The fourth-order valence-electron chi connectivity index (χ4n) is 2.61. The lowest BCUT2D eigenvalue weighted by atomic mass is 10.0. The summed E-state index contributed by atoms with van der Waals surface area (Å²) in [5.41, 5.74) is 1.03. The molecule has 1 fully saturated rings. The van der Waals surface area contributed by atoms with Crippen LogP contribution in [0.5, 0.6) is 0 Å². The minimum absolute atomic E-state index is 0.0138. The van der Waals surface area contributed by atoms with Crippen molar-refractivity contribution in [3.05, 3.63) is 42.4 Å². The quantitative estimate of drug-likeness (QED) is 0.878. The summed E-state index contributed by atoms with van der Waals surface area (Å²) in [7, 11) is 0. The van der Waals surface area contributed by atoms with Crippen LogP contribution in [-0.4, -0.2) is 41.2 Å². The van der Waals surface area contributed by atoms with Gasteiger partial charge in [0.05, 0.1) is 5.69 Å². The predicted octanol–water partition coefficient (Wildman–Crippen LogP) is 3.11. The fraction of sp³-hybridized carbons (Fsp3) is 0.375. The third-order valence-corrected chi connectivity index (χ3v) is 4.43. The summed E-state index contributed by atoms with van der Waals surface area (Å²) < 4.78 is 5.52. The van der Waals surface area contributed by atoms with E-state index in [4.69, 9.17) is 4.42 Å². The largest absolute Gasteiger partial charge is 0.445 e. The van der Waals surface area contributed by atoms with E-state index in [1.165, 1.54) is 11.8 Å². The van der Waals surface area contributed by atoms with Crippen molar-refractivity contribution >= 4 is 23.4 Å². The van der Waals surface area contributed by atoms with Crippen LogP contribution in [0.15, 0.2) is 46.2 Å². The van der Waals surface area contributed by atoms with Gasteiger partial charge < -0.3 is 14.6 Å². The van der Waals surface area contributed by atoms with Crippen molar-refractivity contribution in [3.8, 4) is 0 Å². The average molecular weight is 317 g/mol. The zero-order valence-electron chi connectivity index (χ0n) is 12.5. The molecule has 0 aliphatic carbocycles. The summed E-state index contributed by atoms with van der Waals surface area (Å²) in [4.78, 5) is 18.4. The molecule has 0 radical (unpaired) electrons. The Morgan fingerprint density at radius 2 is 2.18 bits per heavy atom. The van der Waals surface area contributed by atoms with Gasteiger partial charge in [-0.3, -0.25) is 9.78 Å². The molecule has 1 amide bonds. The van der Waals surface area contributed by atoms with E-state index in [0.717, 1.165) is 36.7 Å². The van der Waals surface area contributed by atoms with Gasteiger partial charge in [0.25, 0.3) is 5.91 Å². The number of piperidine rings is 1. The van der Waals surface area contributed by atoms with Crippen molar-refractivity contribution in [1.29, 1.82) is 0 Å². The lowest BCUT2D eigenvalue weighted by Gasteiger charge is -2.32. The topological polar surface area (TPSA) is 58.4 Å². The molecule has 2 aromatic rings. The predicted molar refractivity (Wildman–Crippen MR) is 87.3 cm³/mol. The summed E-state index contributed by atoms with van der Waals surface area (Å²) in [6.45, 7) is 1.48. The molecule has 1 aliphatic rings. The van der Waals surface area contributed by atoms with Crippen molar-refractivity contribution < 1.29 is 9.21 Å². The second kappa shape index (κ2) is 6.87. The van der Waals surface area contributed by atoms with Crippen LogP contribution in [0.3, 0.4) is 0 Å². The Bertz CT molecular complexity index is 621. The maximum Gasteiger partial charge on any atom is 0.289 e. The average Bonchev–Trinajstić information content (AvgIpc) is 3.05. The third kappa shape index (κ3) is 3.44. The number of carbonyl (C=O) groups excluding carboxylic acids is 1. The number of nitrogens with zero attached hydrogens (tertiary/aromatic N) is 2. The first kappa shape index (κ1) is 15.0. The van der Waals surface area contributed by atoms with Gasteiger partial charge in [-0.1, -0.05) is 11.8 Å². The van der Waals surface area contributed by atoms with Gasteiger partial charge in [-0.25, -0.2) is 0 Å². The van der Waals surface area contributed by atoms with Crippen LogP contribution in [-0.2, 0) is 0 Å². The Kier molecular flexibility index (Phi) is 4.68. The minimum atomic E-state index is -0.0138. The van der Waals surface area contributed by atoms with Gasteiger partial charge >= 0.3 is 0 Å². The highest BCUT2D eigenvalue weighted by atomic mass is 32.2. The Balaban J connectivity index is 1.54. The standard InChI is InChI=1S/C16H19N3O2S/c1-22-15-5-4-14(21-15)16(20)19-9-6-12(7-10-19)18-13-3-2-8-17-11-13/h2-5,8,11-12,18H,6-7,9-10H2,1H3. The number of pyridine rings is 1. The van der Waals surface area contributed by atoms with Crippen molar-refractivity contribution in [1.82, 2.24) is 9.88 Å². The summed E-state index contributed by atoms with van der Waals surface area (Å²) in [6, 6.07) is 7.91. The van der Waals surface area contributed by atoms with Crippen LogP contribution in [0.2, 0.25) is 0 Å². The summed E-state index contributed by atoms with van der Waals surface area (Å²) in [6.07, 6.45) is 7.37. The summed E-state index contributed by atoms with van der Waals surface area (Å²) in [5.74, 6) is 0.420. The SMILES string of the molecule is CSc1ccc(C(=O)N2CCC(Nc3cccnc3)CC2)o1. The molecule has 3 heterocycles. The highest BCUT2D eigenvalue weighted by molar-refractivity contribution is 7.98. The molecule has 0 spiro atoms. The van der Waals surface area contributed by atoms with E-state index < -0.39 is 0 Å². The lowest BCUT2D eigenvalue weighted by Crippen LogP contribution is -2.42. The number of thioether (sulfide) groups is 1. The molecule has 0 unspecified atom stereocenters. The molecule has 22 heavy (non-hydrogen) atoms. The second-order valence-corrected chi connectivity index (χ2v) is 6.09. The molecule has 0 aromatic carbocycles. The van der Waals surface area contributed by atoms with E-state index in [-0.39, 0.29) is 5.91 Å². The van der Waals surface area contributed by atoms with Crippen LogP contribution in [0.25, 0.3) is 0 Å². The number of likely N-dealkylation sites (tertiary alicyclic amines) is 1. The number of nitrogens with one attached hydrogen (secondary N) is 1. The van der Waals surface area contributed by atoms with Crippen LogP contribution in [0.1, 0.15) is 23.4 Å². The van der Waals surface area contributed by atoms with Crippen molar-refractivity contribution in [3.63, 3.8) is 0 Å². The fourth-order valence-corrected chi connectivity index (χ4v) is 2.99. The van der Waals surface area contributed by atoms with E-state index in [9.17, 15) is 4.79 Å². The molecule has 0 saturated carbocycles. The molecule has 6 heteroatoms. The maximum absolute atomic E-state index is 12.4. The molecule has 1 saturated heterocycles. The van der Waals surface area contributed by atoms with Gasteiger partial charge in [0.1, 0.15) is 0 Å².